The van der Waals surface area contributed by atoms with Crippen LogP contribution in [0, 0.1) is 16.7 Å². The number of nitrogens with zero attached hydrogens (tertiary/aromatic N) is 6. The Bertz CT molecular complexity index is 1730. The lowest BCUT2D eigenvalue weighted by Gasteiger charge is -2.46. The van der Waals surface area contributed by atoms with Crippen LogP contribution in [0.3, 0.4) is 0 Å². The topological polar surface area (TPSA) is 139 Å². The fraction of sp³-hybridized carbons (Fsp3) is 0.344. The predicted molar refractivity (Wildman–Crippen MR) is 166 cm³/mol. The molecule has 1 aromatic carbocycles. The Morgan fingerprint density at radius 1 is 1.09 bits per heavy atom. The fourth-order valence-corrected chi connectivity index (χ4v) is 5.92. The van der Waals surface area contributed by atoms with E-state index >= 15 is 0 Å². The number of pyridine rings is 2. The number of nitriles is 1. The quantitative estimate of drug-likeness (QED) is 0.306. The molecule has 12 heteroatoms. The number of aromatic nitrogens is 3. The molecule has 1 saturated heterocycles. The Kier molecular flexibility index (Phi) is 8.39. The minimum atomic E-state index is -1.68. The van der Waals surface area contributed by atoms with Crippen LogP contribution in [0.4, 0.5) is 10.6 Å². The van der Waals surface area contributed by atoms with Crippen molar-refractivity contribution in [1.82, 2.24) is 19.5 Å². The second-order valence-corrected chi connectivity index (χ2v) is 12.0. The zero-order chi connectivity index (χ0) is 31.6. The van der Waals surface area contributed by atoms with Gasteiger partial charge < -0.3 is 25.0 Å². The smallest absolute Gasteiger partial charge is 0.405 e. The van der Waals surface area contributed by atoms with E-state index in [4.69, 9.17) is 31.8 Å². The van der Waals surface area contributed by atoms with Crippen molar-refractivity contribution in [2.24, 2.45) is 11.1 Å². The molecule has 4 heterocycles. The van der Waals surface area contributed by atoms with Gasteiger partial charge in [-0.2, -0.15) is 10.4 Å². The number of amides is 2. The summed E-state index contributed by atoms with van der Waals surface area (Å²) in [5, 5.41) is 14.4. The summed E-state index contributed by atoms with van der Waals surface area (Å²) in [6, 6.07) is 14.7. The second kappa shape index (κ2) is 12.1. The van der Waals surface area contributed by atoms with Crippen molar-refractivity contribution in [3.05, 3.63) is 77.2 Å². The lowest BCUT2D eigenvalue weighted by molar-refractivity contribution is -0.166. The van der Waals surface area contributed by atoms with Gasteiger partial charge in [0, 0.05) is 59.5 Å². The number of carbonyl (C=O) groups excluding carboxylic acids is 2. The van der Waals surface area contributed by atoms with E-state index in [-0.39, 0.29) is 5.91 Å². The summed E-state index contributed by atoms with van der Waals surface area (Å²) in [5.41, 5.74) is 6.20. The molecule has 0 bridgehead atoms. The van der Waals surface area contributed by atoms with Crippen molar-refractivity contribution in [2.45, 2.75) is 33.3 Å². The van der Waals surface area contributed by atoms with Gasteiger partial charge in [-0.15, -0.1) is 0 Å². The highest BCUT2D eigenvalue weighted by Gasteiger charge is 2.55. The van der Waals surface area contributed by atoms with E-state index in [0.717, 1.165) is 16.9 Å². The maximum atomic E-state index is 14.2. The van der Waals surface area contributed by atoms with Crippen LogP contribution in [0.2, 0.25) is 5.02 Å². The van der Waals surface area contributed by atoms with Crippen molar-refractivity contribution >= 4 is 34.9 Å². The Labute approximate surface area is 260 Å². The molecule has 0 aliphatic carbocycles. The summed E-state index contributed by atoms with van der Waals surface area (Å²) in [5.74, 6) is 1.02. The predicted octanol–water partition coefficient (Wildman–Crippen LogP) is 5.01. The lowest BCUT2D eigenvalue weighted by Crippen LogP contribution is -2.60. The number of benzene rings is 1. The number of hydrogen-bond donors (Lipinski definition) is 1. The lowest BCUT2D eigenvalue weighted by atomic mass is 9.70. The summed E-state index contributed by atoms with van der Waals surface area (Å²) in [6.45, 7) is 9.66. The fourth-order valence-electron chi connectivity index (χ4n) is 5.73. The van der Waals surface area contributed by atoms with Crippen LogP contribution in [0.15, 0.2) is 61.1 Å². The zero-order valence-corrected chi connectivity index (χ0v) is 25.8. The first-order valence-corrected chi connectivity index (χ1v) is 14.7. The molecule has 44 heavy (non-hydrogen) atoms. The first-order valence-electron chi connectivity index (χ1n) is 14.3. The van der Waals surface area contributed by atoms with Crippen LogP contribution in [0.5, 0.6) is 5.75 Å². The van der Waals surface area contributed by atoms with Crippen LogP contribution >= 0.6 is 11.6 Å². The number of primary amides is 1. The van der Waals surface area contributed by atoms with Gasteiger partial charge in [-0.3, -0.25) is 4.79 Å². The Balaban J connectivity index is 1.38. The van der Waals surface area contributed by atoms with Crippen molar-refractivity contribution in [3.8, 4) is 22.9 Å². The third-order valence-corrected chi connectivity index (χ3v) is 8.05. The summed E-state index contributed by atoms with van der Waals surface area (Å²) in [4.78, 5) is 34.9. The van der Waals surface area contributed by atoms with Crippen molar-refractivity contribution in [2.75, 3.05) is 37.7 Å². The molecule has 2 N–H and O–H groups in total. The normalized spacial score (nSPS) is 15.0. The van der Waals surface area contributed by atoms with Gasteiger partial charge in [0.05, 0.1) is 30.1 Å². The molecule has 1 atom stereocenters. The second-order valence-electron chi connectivity index (χ2n) is 11.5. The van der Waals surface area contributed by atoms with E-state index in [2.05, 4.69) is 16.1 Å². The third-order valence-electron chi connectivity index (χ3n) is 7.81. The van der Waals surface area contributed by atoms with Gasteiger partial charge in [0.1, 0.15) is 17.6 Å². The molecule has 1 fully saturated rings. The third kappa shape index (κ3) is 5.61. The molecule has 0 radical (unpaired) electrons. The minimum Gasteiger partial charge on any atom is -0.492 e. The molecule has 1 aliphatic rings. The Morgan fingerprint density at radius 2 is 1.84 bits per heavy atom. The number of carbonyl (C=O) groups is 2. The molecular formula is C32H34ClN7O4. The van der Waals surface area contributed by atoms with Gasteiger partial charge in [0.2, 0.25) is 5.60 Å². The SMILES string of the molecule is CCOc1cc(-c2ccc(N3CCN(C(=O)[C@](OC(N)=O)(c4cccc(Cl)c4)C(C)(C)C)CC3)nc2)c2c(C#N)cnn2c1. The first kappa shape index (κ1) is 30.6. The number of ether oxygens (including phenoxy) is 2. The van der Waals surface area contributed by atoms with Gasteiger partial charge >= 0.3 is 6.09 Å². The van der Waals surface area contributed by atoms with Crippen molar-refractivity contribution < 1.29 is 19.1 Å². The van der Waals surface area contributed by atoms with Crippen LogP contribution in [-0.4, -0.2) is 64.3 Å². The van der Waals surface area contributed by atoms with E-state index in [9.17, 15) is 14.9 Å². The maximum absolute atomic E-state index is 14.2. The highest BCUT2D eigenvalue weighted by molar-refractivity contribution is 6.30. The minimum absolute atomic E-state index is 0.360. The van der Waals surface area contributed by atoms with E-state index < -0.39 is 17.1 Å². The number of nitrogens with two attached hydrogens (primary N) is 1. The molecule has 4 aromatic rings. The van der Waals surface area contributed by atoms with Gasteiger partial charge in [-0.25, -0.2) is 14.3 Å². The van der Waals surface area contributed by atoms with Crippen LogP contribution in [0.1, 0.15) is 38.8 Å². The molecule has 11 nitrogen and oxygen atoms in total. The zero-order valence-electron chi connectivity index (χ0n) is 25.1. The number of halogens is 1. The van der Waals surface area contributed by atoms with E-state index in [1.165, 1.54) is 6.20 Å². The van der Waals surface area contributed by atoms with Crippen molar-refractivity contribution in [3.63, 3.8) is 0 Å². The van der Waals surface area contributed by atoms with Gasteiger partial charge in [0.25, 0.3) is 5.91 Å². The van der Waals surface area contributed by atoms with Gasteiger partial charge in [0.15, 0.2) is 0 Å². The molecule has 228 valence electrons. The number of fused-ring (bicyclic) bond motifs is 1. The highest BCUT2D eigenvalue weighted by Crippen LogP contribution is 2.45. The summed E-state index contributed by atoms with van der Waals surface area (Å²) >= 11 is 6.29. The monoisotopic (exact) mass is 615 g/mol. The molecule has 0 spiro atoms. The number of hydrogen-bond acceptors (Lipinski definition) is 8. The van der Waals surface area contributed by atoms with E-state index in [1.54, 1.807) is 46.1 Å². The van der Waals surface area contributed by atoms with Gasteiger partial charge in [-0.1, -0.05) is 44.5 Å². The molecule has 0 unspecified atom stereocenters. The summed E-state index contributed by atoms with van der Waals surface area (Å²) in [6.07, 6.45) is 4.00. The molecule has 1 aliphatic heterocycles. The average Bonchev–Trinajstić information content (AvgIpc) is 3.42. The molecule has 0 saturated carbocycles. The number of anilines is 1. The largest absolute Gasteiger partial charge is 0.492 e. The first-order chi connectivity index (χ1) is 21.0. The van der Waals surface area contributed by atoms with Crippen LogP contribution in [0.25, 0.3) is 16.6 Å². The molecular weight excluding hydrogens is 582 g/mol. The van der Waals surface area contributed by atoms with E-state index in [0.29, 0.717) is 60.2 Å². The summed E-state index contributed by atoms with van der Waals surface area (Å²) < 4.78 is 13.1. The maximum Gasteiger partial charge on any atom is 0.405 e. The average molecular weight is 616 g/mol. The standard InChI is InChI=1S/C32H34ClN7O4/c1-5-43-25-16-26(28-22(17-34)19-37-40(28)20-25)21-9-10-27(36-18-21)38-11-13-39(14-12-38)29(41)32(31(2,3)4,44-30(35)42)23-7-6-8-24(33)15-23/h6-10,15-16,18-20H,5,11-14H2,1-4H3,(H2,35,42)/t32-/m1/s1. The molecule has 5 rings (SSSR count). The number of piperazine rings is 1. The Hall–Kier alpha value is -4.82. The van der Waals surface area contributed by atoms with Gasteiger partial charge in [-0.05, 0) is 37.3 Å². The Morgan fingerprint density at radius 3 is 2.43 bits per heavy atom. The molecule has 2 amide bonds. The summed E-state index contributed by atoms with van der Waals surface area (Å²) in [7, 11) is 0. The van der Waals surface area contributed by atoms with E-state index in [1.807, 2.05) is 45.9 Å². The van der Waals surface area contributed by atoms with Crippen molar-refractivity contribution in [1.29, 1.82) is 5.26 Å². The molecule has 3 aromatic heterocycles. The highest BCUT2D eigenvalue weighted by atomic mass is 35.5. The van der Waals surface area contributed by atoms with Crippen LogP contribution < -0.4 is 15.4 Å². The number of rotatable bonds is 7. The van der Waals surface area contributed by atoms with Crippen LogP contribution in [-0.2, 0) is 15.1 Å².